The summed E-state index contributed by atoms with van der Waals surface area (Å²) >= 11 is 0. The molecule has 0 saturated carbocycles. The van der Waals surface area contributed by atoms with Crippen molar-refractivity contribution in [1.82, 2.24) is 0 Å². The molecule has 2 aliphatic rings. The Labute approximate surface area is 363 Å². The Morgan fingerprint density at radius 3 is 1.50 bits per heavy atom. The van der Waals surface area contributed by atoms with Crippen molar-refractivity contribution in [2.75, 3.05) is 4.90 Å². The molecule has 0 amide bonds. The standard InChI is InChI=1S/C60H45NO/c1-59(2)50-24-14-11-21-43(50)45-31-28-41(36-52(45)59)61(42-29-32-46-44-22-12-15-25-51(44)60(3,4)53(46)37-42)54-33-34-56-58(48-23-13-16-26-55(48)62-56)57(54)47-30-27-40(38-17-7-5-8-18-38)35-49(47)39-19-9-6-10-20-39/h5-37H,1-4H3. The number of hydrogen-bond acceptors (Lipinski definition) is 2. The van der Waals surface area contributed by atoms with Gasteiger partial charge in [-0.25, -0.2) is 0 Å². The van der Waals surface area contributed by atoms with Gasteiger partial charge in [0.15, 0.2) is 0 Å². The van der Waals surface area contributed by atoms with Gasteiger partial charge in [0.1, 0.15) is 11.2 Å². The highest BCUT2D eigenvalue weighted by atomic mass is 16.3. The van der Waals surface area contributed by atoms with Crippen molar-refractivity contribution in [2.45, 2.75) is 38.5 Å². The van der Waals surface area contributed by atoms with Crippen molar-refractivity contribution in [3.8, 4) is 55.6 Å². The highest BCUT2D eigenvalue weighted by Gasteiger charge is 2.38. The molecule has 9 aromatic carbocycles. The first kappa shape index (κ1) is 36.4. The second kappa shape index (κ2) is 13.5. The summed E-state index contributed by atoms with van der Waals surface area (Å²) in [6.45, 7) is 9.49. The number of nitrogens with zero attached hydrogens (tertiary/aromatic N) is 1. The monoisotopic (exact) mass is 795 g/mol. The lowest BCUT2D eigenvalue weighted by molar-refractivity contribution is 0.660. The van der Waals surface area contributed by atoms with E-state index in [1.54, 1.807) is 0 Å². The predicted octanol–water partition coefficient (Wildman–Crippen LogP) is 16.7. The van der Waals surface area contributed by atoms with Crippen molar-refractivity contribution < 1.29 is 4.42 Å². The Bertz CT molecular complexity index is 3300. The van der Waals surface area contributed by atoms with E-state index in [0.29, 0.717) is 0 Å². The highest BCUT2D eigenvalue weighted by Crippen LogP contribution is 2.55. The normalized spacial score (nSPS) is 14.1. The van der Waals surface area contributed by atoms with E-state index in [0.717, 1.165) is 55.7 Å². The summed E-state index contributed by atoms with van der Waals surface area (Å²) in [5.74, 6) is 0. The Kier molecular flexibility index (Phi) is 7.96. The van der Waals surface area contributed by atoms with E-state index in [1.807, 2.05) is 0 Å². The van der Waals surface area contributed by atoms with Gasteiger partial charge in [-0.1, -0.05) is 179 Å². The van der Waals surface area contributed by atoms with Gasteiger partial charge in [-0.15, -0.1) is 0 Å². The van der Waals surface area contributed by atoms with Crippen LogP contribution in [-0.4, -0.2) is 0 Å². The summed E-state index contributed by atoms with van der Waals surface area (Å²) in [4.78, 5) is 2.52. The molecule has 10 aromatic rings. The van der Waals surface area contributed by atoms with E-state index in [9.17, 15) is 0 Å². The smallest absolute Gasteiger partial charge is 0.136 e. The number of furan rings is 1. The Hall–Kier alpha value is -7.42. The van der Waals surface area contributed by atoms with Gasteiger partial charge >= 0.3 is 0 Å². The van der Waals surface area contributed by atoms with E-state index in [2.05, 4.69) is 233 Å². The summed E-state index contributed by atoms with van der Waals surface area (Å²) in [5.41, 5.74) is 22.4. The highest BCUT2D eigenvalue weighted by molar-refractivity contribution is 6.18. The van der Waals surface area contributed by atoms with Crippen LogP contribution in [0.2, 0.25) is 0 Å². The molecular formula is C60H45NO. The number of fused-ring (bicyclic) bond motifs is 9. The Morgan fingerprint density at radius 1 is 0.355 bits per heavy atom. The molecule has 1 aromatic heterocycles. The maximum Gasteiger partial charge on any atom is 0.136 e. The third kappa shape index (κ3) is 5.36. The van der Waals surface area contributed by atoms with Crippen molar-refractivity contribution in [3.05, 3.63) is 222 Å². The van der Waals surface area contributed by atoms with Gasteiger partial charge in [0.05, 0.1) is 5.69 Å². The van der Waals surface area contributed by atoms with Gasteiger partial charge in [-0.2, -0.15) is 0 Å². The van der Waals surface area contributed by atoms with Gasteiger partial charge in [0.2, 0.25) is 0 Å². The molecule has 1 heterocycles. The number of anilines is 3. The average molecular weight is 796 g/mol. The number of para-hydroxylation sites is 1. The molecule has 2 heteroatoms. The topological polar surface area (TPSA) is 16.4 Å². The van der Waals surface area contributed by atoms with Crippen molar-refractivity contribution in [1.29, 1.82) is 0 Å². The quantitative estimate of drug-likeness (QED) is 0.167. The predicted molar refractivity (Wildman–Crippen MR) is 260 cm³/mol. The fourth-order valence-electron chi connectivity index (χ4n) is 10.8. The molecule has 12 rings (SSSR count). The number of hydrogen-bond donors (Lipinski definition) is 0. The third-order valence-electron chi connectivity index (χ3n) is 13.9. The van der Waals surface area contributed by atoms with Gasteiger partial charge < -0.3 is 9.32 Å². The van der Waals surface area contributed by atoms with E-state index in [4.69, 9.17) is 4.42 Å². The molecule has 0 fully saturated rings. The summed E-state index contributed by atoms with van der Waals surface area (Å²) in [7, 11) is 0. The van der Waals surface area contributed by atoms with E-state index in [1.165, 1.54) is 61.2 Å². The van der Waals surface area contributed by atoms with Crippen LogP contribution >= 0.6 is 0 Å². The first-order valence-electron chi connectivity index (χ1n) is 21.8. The second-order valence-electron chi connectivity index (χ2n) is 18.1. The molecule has 2 nitrogen and oxygen atoms in total. The van der Waals surface area contributed by atoms with Gasteiger partial charge in [0, 0.05) is 38.5 Å². The van der Waals surface area contributed by atoms with E-state index < -0.39 is 0 Å². The van der Waals surface area contributed by atoms with E-state index >= 15 is 0 Å². The molecule has 0 radical (unpaired) electrons. The van der Waals surface area contributed by atoms with Crippen molar-refractivity contribution >= 4 is 39.0 Å². The van der Waals surface area contributed by atoms with Crippen LogP contribution in [0, 0.1) is 0 Å². The van der Waals surface area contributed by atoms with Crippen molar-refractivity contribution in [3.63, 3.8) is 0 Å². The van der Waals surface area contributed by atoms with Crippen molar-refractivity contribution in [2.24, 2.45) is 0 Å². The zero-order valence-electron chi connectivity index (χ0n) is 35.4. The van der Waals surface area contributed by atoms with Gasteiger partial charge in [-0.05, 0) is 121 Å². The lowest BCUT2D eigenvalue weighted by Crippen LogP contribution is -2.18. The Morgan fingerprint density at radius 2 is 0.871 bits per heavy atom. The number of benzene rings is 9. The second-order valence-corrected chi connectivity index (χ2v) is 18.1. The molecule has 0 aliphatic heterocycles. The van der Waals surface area contributed by atoms with Gasteiger partial charge in [-0.3, -0.25) is 0 Å². The molecule has 2 aliphatic carbocycles. The fourth-order valence-corrected chi connectivity index (χ4v) is 10.8. The molecule has 296 valence electrons. The van der Waals surface area contributed by atoms with Crippen LogP contribution in [0.4, 0.5) is 17.1 Å². The molecule has 0 bridgehead atoms. The van der Waals surface area contributed by atoms with Crippen LogP contribution in [0.15, 0.2) is 205 Å². The summed E-state index contributed by atoms with van der Waals surface area (Å²) < 4.78 is 6.73. The molecular weight excluding hydrogens is 751 g/mol. The van der Waals surface area contributed by atoms with Gasteiger partial charge in [0.25, 0.3) is 0 Å². The minimum Gasteiger partial charge on any atom is -0.456 e. The SMILES string of the molecule is CC1(C)c2ccccc2-c2ccc(N(c3ccc4c(c3)C(C)(C)c3ccccc3-4)c3ccc4oc5ccccc5c4c3-c3ccc(-c4ccccc4)cc3-c3ccccc3)cc21. The van der Waals surface area contributed by atoms with Crippen LogP contribution < -0.4 is 4.90 Å². The minimum atomic E-state index is -0.170. The molecule has 0 spiro atoms. The maximum absolute atomic E-state index is 6.73. The summed E-state index contributed by atoms with van der Waals surface area (Å²) in [6, 6.07) is 73.7. The first-order valence-corrected chi connectivity index (χ1v) is 21.8. The summed E-state index contributed by atoms with van der Waals surface area (Å²) in [6.07, 6.45) is 0. The number of rotatable bonds is 6. The van der Waals surface area contributed by atoms with E-state index in [-0.39, 0.29) is 10.8 Å². The zero-order valence-corrected chi connectivity index (χ0v) is 35.4. The van der Waals surface area contributed by atoms with Crippen LogP contribution in [0.5, 0.6) is 0 Å². The molecule has 0 saturated heterocycles. The molecule has 0 atom stereocenters. The Balaban J connectivity index is 1.18. The third-order valence-corrected chi connectivity index (χ3v) is 13.9. The largest absolute Gasteiger partial charge is 0.456 e. The first-order chi connectivity index (χ1) is 30.3. The van der Waals surface area contributed by atoms with Crippen LogP contribution in [0.1, 0.15) is 49.9 Å². The average Bonchev–Trinajstić information content (AvgIpc) is 3.89. The molecule has 62 heavy (non-hydrogen) atoms. The lowest BCUT2D eigenvalue weighted by Gasteiger charge is -2.31. The van der Waals surface area contributed by atoms with Crippen LogP contribution in [-0.2, 0) is 10.8 Å². The lowest BCUT2D eigenvalue weighted by atomic mass is 9.82. The zero-order chi connectivity index (χ0) is 41.7. The fraction of sp³-hybridized carbons (Fsp3) is 0.100. The van der Waals surface area contributed by atoms with Crippen LogP contribution in [0.3, 0.4) is 0 Å². The molecule has 0 N–H and O–H groups in total. The molecule has 0 unspecified atom stereocenters. The maximum atomic E-state index is 6.73. The van der Waals surface area contributed by atoms with Crippen LogP contribution in [0.25, 0.3) is 77.6 Å². The minimum absolute atomic E-state index is 0.170. The summed E-state index contributed by atoms with van der Waals surface area (Å²) in [5, 5.41) is 2.21.